The Kier molecular flexibility index (Phi) is 5.34. The fourth-order valence-electron chi connectivity index (χ4n) is 3.58. The predicted molar refractivity (Wildman–Crippen MR) is 113 cm³/mol. The number of nitrogens with zero attached hydrogens (tertiary/aromatic N) is 2. The third kappa shape index (κ3) is 4.16. The number of carbonyl (C=O) groups excluding carboxylic acids is 2. The summed E-state index contributed by atoms with van der Waals surface area (Å²) < 4.78 is 0. The van der Waals surface area contributed by atoms with Gasteiger partial charge in [-0.3, -0.25) is 14.6 Å². The Morgan fingerprint density at radius 2 is 1.69 bits per heavy atom. The standard InChI is InChI=1S/C25H22N2O2/c1-18-10-12-19(13-11-18)16-27-17-23(20-7-3-2-4-8-20)24(28)22(25(27)29)15-21-9-5-6-14-26-21/h2-15,23H,16-17H2,1H3. The van der Waals surface area contributed by atoms with Crippen molar-refractivity contribution in [3.05, 3.63) is 107 Å². The number of benzene rings is 2. The summed E-state index contributed by atoms with van der Waals surface area (Å²) in [6.45, 7) is 2.87. The molecule has 4 heteroatoms. The maximum absolute atomic E-state index is 13.2. The van der Waals surface area contributed by atoms with Crippen LogP contribution in [0.15, 0.2) is 84.6 Å². The van der Waals surface area contributed by atoms with E-state index in [0.29, 0.717) is 18.8 Å². The van der Waals surface area contributed by atoms with Crippen LogP contribution in [-0.2, 0) is 16.1 Å². The zero-order valence-electron chi connectivity index (χ0n) is 16.3. The highest BCUT2D eigenvalue weighted by molar-refractivity contribution is 6.25. The van der Waals surface area contributed by atoms with Gasteiger partial charge in [-0.25, -0.2) is 0 Å². The number of likely N-dealkylation sites (tertiary alicyclic amines) is 1. The summed E-state index contributed by atoms with van der Waals surface area (Å²) in [5, 5.41) is 0. The molecule has 4 rings (SSSR count). The molecule has 1 atom stereocenters. The fraction of sp³-hybridized carbons (Fsp3) is 0.160. The number of hydrogen-bond acceptors (Lipinski definition) is 3. The van der Waals surface area contributed by atoms with E-state index in [9.17, 15) is 9.59 Å². The SMILES string of the molecule is Cc1ccc(CN2CC(c3ccccc3)C(=O)C(=Cc3ccccn3)C2=O)cc1. The van der Waals surface area contributed by atoms with Gasteiger partial charge in [-0.2, -0.15) is 0 Å². The van der Waals surface area contributed by atoms with E-state index < -0.39 is 0 Å². The van der Waals surface area contributed by atoms with Crippen LogP contribution in [0.25, 0.3) is 6.08 Å². The van der Waals surface area contributed by atoms with Gasteiger partial charge in [-0.1, -0.05) is 66.2 Å². The molecule has 1 amide bonds. The van der Waals surface area contributed by atoms with E-state index in [2.05, 4.69) is 4.98 Å². The van der Waals surface area contributed by atoms with Crippen molar-refractivity contribution in [1.82, 2.24) is 9.88 Å². The number of amides is 1. The minimum Gasteiger partial charge on any atom is -0.333 e. The van der Waals surface area contributed by atoms with E-state index in [1.54, 1.807) is 23.2 Å². The number of piperidine rings is 1. The average molecular weight is 382 g/mol. The van der Waals surface area contributed by atoms with E-state index in [4.69, 9.17) is 0 Å². The van der Waals surface area contributed by atoms with Gasteiger partial charge in [-0.15, -0.1) is 0 Å². The van der Waals surface area contributed by atoms with E-state index in [1.165, 1.54) is 5.56 Å². The molecule has 144 valence electrons. The molecule has 0 N–H and O–H groups in total. The minimum atomic E-state index is -0.380. The summed E-state index contributed by atoms with van der Waals surface area (Å²) >= 11 is 0. The van der Waals surface area contributed by atoms with Gasteiger partial charge < -0.3 is 4.90 Å². The van der Waals surface area contributed by atoms with Crippen molar-refractivity contribution in [2.24, 2.45) is 0 Å². The average Bonchev–Trinajstić information content (AvgIpc) is 2.76. The Morgan fingerprint density at radius 1 is 0.966 bits per heavy atom. The number of rotatable bonds is 4. The predicted octanol–water partition coefficient (Wildman–Crippen LogP) is 4.17. The zero-order valence-corrected chi connectivity index (χ0v) is 16.3. The smallest absolute Gasteiger partial charge is 0.257 e. The molecule has 0 radical (unpaired) electrons. The Morgan fingerprint density at radius 3 is 2.38 bits per heavy atom. The molecule has 2 aromatic carbocycles. The van der Waals surface area contributed by atoms with Gasteiger partial charge in [0.1, 0.15) is 0 Å². The first-order valence-electron chi connectivity index (χ1n) is 9.68. The van der Waals surface area contributed by atoms with Gasteiger partial charge in [0, 0.05) is 19.3 Å². The highest BCUT2D eigenvalue weighted by atomic mass is 16.2. The number of ketones is 1. The van der Waals surface area contributed by atoms with Crippen LogP contribution in [-0.4, -0.2) is 28.1 Å². The van der Waals surface area contributed by atoms with Crippen LogP contribution in [0.5, 0.6) is 0 Å². The van der Waals surface area contributed by atoms with Gasteiger partial charge in [0.15, 0.2) is 5.78 Å². The highest BCUT2D eigenvalue weighted by Gasteiger charge is 2.37. The molecular weight excluding hydrogens is 360 g/mol. The van der Waals surface area contributed by atoms with Crippen LogP contribution >= 0.6 is 0 Å². The Labute approximate surface area is 170 Å². The van der Waals surface area contributed by atoms with Gasteiger partial charge in [0.25, 0.3) is 5.91 Å². The van der Waals surface area contributed by atoms with Gasteiger partial charge in [-0.05, 0) is 36.3 Å². The molecule has 3 aromatic rings. The molecule has 1 aliphatic rings. The second-order valence-electron chi connectivity index (χ2n) is 7.31. The topological polar surface area (TPSA) is 50.3 Å². The zero-order chi connectivity index (χ0) is 20.2. The molecule has 1 unspecified atom stereocenters. The summed E-state index contributed by atoms with van der Waals surface area (Å²) in [7, 11) is 0. The lowest BCUT2D eigenvalue weighted by atomic mass is 9.85. The van der Waals surface area contributed by atoms with E-state index in [1.807, 2.05) is 73.7 Å². The van der Waals surface area contributed by atoms with Crippen LogP contribution in [0.1, 0.15) is 28.3 Å². The molecule has 1 fully saturated rings. The van der Waals surface area contributed by atoms with Crippen LogP contribution in [0.3, 0.4) is 0 Å². The molecule has 0 bridgehead atoms. The first-order chi connectivity index (χ1) is 14.1. The van der Waals surface area contributed by atoms with Crippen molar-refractivity contribution in [3.63, 3.8) is 0 Å². The third-order valence-corrected chi connectivity index (χ3v) is 5.18. The van der Waals surface area contributed by atoms with Crippen LogP contribution in [0.4, 0.5) is 0 Å². The fourth-order valence-corrected chi connectivity index (χ4v) is 3.58. The molecule has 1 saturated heterocycles. The molecule has 1 aromatic heterocycles. The monoisotopic (exact) mass is 382 g/mol. The lowest BCUT2D eigenvalue weighted by molar-refractivity contribution is -0.134. The number of hydrogen-bond donors (Lipinski definition) is 0. The number of pyridine rings is 1. The molecular formula is C25H22N2O2. The Balaban J connectivity index is 1.71. The quantitative estimate of drug-likeness (QED) is 0.503. The molecule has 0 aliphatic carbocycles. The molecule has 4 nitrogen and oxygen atoms in total. The minimum absolute atomic E-state index is 0.146. The summed E-state index contributed by atoms with van der Waals surface area (Å²) in [6.07, 6.45) is 3.27. The van der Waals surface area contributed by atoms with Gasteiger partial charge >= 0.3 is 0 Å². The van der Waals surface area contributed by atoms with Crippen molar-refractivity contribution in [3.8, 4) is 0 Å². The molecule has 29 heavy (non-hydrogen) atoms. The van der Waals surface area contributed by atoms with Gasteiger partial charge in [0.2, 0.25) is 0 Å². The first kappa shape index (κ1) is 18.8. The maximum atomic E-state index is 13.2. The number of carbonyl (C=O) groups is 2. The van der Waals surface area contributed by atoms with E-state index in [0.717, 1.165) is 11.1 Å². The summed E-state index contributed by atoms with van der Waals surface area (Å²) in [4.78, 5) is 32.5. The number of aromatic nitrogens is 1. The lowest BCUT2D eigenvalue weighted by Gasteiger charge is -2.33. The van der Waals surface area contributed by atoms with Crippen molar-refractivity contribution >= 4 is 17.8 Å². The van der Waals surface area contributed by atoms with E-state index >= 15 is 0 Å². The molecule has 1 aliphatic heterocycles. The summed E-state index contributed by atoms with van der Waals surface area (Å²) in [6, 6.07) is 23.2. The van der Waals surface area contributed by atoms with Crippen LogP contribution < -0.4 is 0 Å². The normalized spacial score (nSPS) is 18.3. The van der Waals surface area contributed by atoms with Crippen molar-refractivity contribution in [2.75, 3.05) is 6.54 Å². The molecule has 2 heterocycles. The summed E-state index contributed by atoms with van der Waals surface area (Å²) in [5.74, 6) is -0.769. The van der Waals surface area contributed by atoms with Crippen LogP contribution in [0.2, 0.25) is 0 Å². The van der Waals surface area contributed by atoms with Gasteiger partial charge in [0.05, 0.1) is 17.2 Å². The molecule has 0 saturated carbocycles. The van der Waals surface area contributed by atoms with Crippen molar-refractivity contribution in [2.45, 2.75) is 19.4 Å². The second kappa shape index (κ2) is 8.23. The van der Waals surface area contributed by atoms with Crippen LogP contribution in [0, 0.1) is 6.92 Å². The highest BCUT2D eigenvalue weighted by Crippen LogP contribution is 2.29. The number of Topliss-reactive ketones (excluding diaryl/α,β-unsaturated/α-hetero) is 1. The lowest BCUT2D eigenvalue weighted by Crippen LogP contribution is -2.45. The second-order valence-corrected chi connectivity index (χ2v) is 7.31. The van der Waals surface area contributed by atoms with Crippen molar-refractivity contribution in [1.29, 1.82) is 0 Å². The number of aryl methyl sites for hydroxylation is 1. The Bertz CT molecular complexity index is 1040. The largest absolute Gasteiger partial charge is 0.333 e. The summed E-state index contributed by atoms with van der Waals surface area (Å²) in [5.41, 5.74) is 3.93. The maximum Gasteiger partial charge on any atom is 0.257 e. The first-order valence-corrected chi connectivity index (χ1v) is 9.68. The van der Waals surface area contributed by atoms with Crippen molar-refractivity contribution < 1.29 is 9.59 Å². The molecule has 0 spiro atoms. The third-order valence-electron chi connectivity index (χ3n) is 5.18. The Hall–Kier alpha value is -3.53. The van der Waals surface area contributed by atoms with E-state index in [-0.39, 0.29) is 23.2 Å².